The zero-order chi connectivity index (χ0) is 15.2. The number of aryl methyl sites for hydroxylation is 1. The van der Waals surface area contributed by atoms with E-state index in [1.54, 1.807) is 0 Å². The summed E-state index contributed by atoms with van der Waals surface area (Å²) in [6.45, 7) is 11.8. The monoisotopic (exact) mass is 310 g/mol. The van der Waals surface area contributed by atoms with Crippen LogP contribution in [0, 0.1) is 6.92 Å². The lowest BCUT2D eigenvalue weighted by molar-refractivity contribution is 0.626. The third kappa shape index (κ3) is 1.61. The van der Waals surface area contributed by atoms with Gasteiger partial charge in [-0.05, 0) is 58.7 Å². The average Bonchev–Trinajstić information content (AvgIpc) is 2.78. The van der Waals surface area contributed by atoms with Crippen LogP contribution in [0.1, 0.15) is 62.9 Å². The smallest absolute Gasteiger partial charge is 0.0159 e. The maximum atomic E-state index is 2.42. The molecule has 0 saturated heterocycles. The van der Waals surface area contributed by atoms with Crippen LogP contribution in [-0.4, -0.2) is 6.26 Å². The van der Waals surface area contributed by atoms with Gasteiger partial charge in [0.1, 0.15) is 0 Å². The van der Waals surface area contributed by atoms with Gasteiger partial charge >= 0.3 is 0 Å². The van der Waals surface area contributed by atoms with Crippen LogP contribution in [0.15, 0.2) is 29.2 Å². The van der Waals surface area contributed by atoms with Gasteiger partial charge in [0.2, 0.25) is 0 Å². The molecule has 116 valence electrons. The molecule has 0 saturated carbocycles. The van der Waals surface area contributed by atoms with Crippen molar-refractivity contribution < 1.29 is 0 Å². The molecule has 1 heteroatoms. The predicted octanol–water partition coefficient (Wildman–Crippen LogP) is 6.30. The van der Waals surface area contributed by atoms with Crippen molar-refractivity contribution in [1.82, 2.24) is 0 Å². The number of hydrogen-bond donors (Lipinski definition) is 0. The first-order valence-corrected chi connectivity index (χ1v) is 8.90. The van der Waals surface area contributed by atoms with Crippen LogP contribution in [0.3, 0.4) is 0 Å². The fraction of sp³-hybridized carbons (Fsp3) is 0.429. The van der Waals surface area contributed by atoms with E-state index < -0.39 is 0 Å². The molecule has 2 aliphatic rings. The third-order valence-electron chi connectivity index (χ3n) is 5.57. The number of hydrogen-bond acceptors (Lipinski definition) is 1. The second kappa shape index (κ2) is 4.41. The van der Waals surface area contributed by atoms with Gasteiger partial charge < -0.3 is 0 Å². The minimum absolute atomic E-state index is 0. The topological polar surface area (TPSA) is 0 Å². The Morgan fingerprint density at radius 2 is 1.09 bits per heavy atom. The summed E-state index contributed by atoms with van der Waals surface area (Å²) >= 11 is 1.86. The van der Waals surface area contributed by atoms with Gasteiger partial charge in [-0.15, -0.1) is 11.8 Å². The normalized spacial score (nSPS) is 18.1. The summed E-state index contributed by atoms with van der Waals surface area (Å²) in [6.07, 6.45) is 2.18. The standard InChI is InChI=1S/C20H22S.CH4/c1-11-7-13-17-14(8-11)20(4,5)16-10-12(21-6)9-15(18(16)17)19(13,2)3;/h7-10H,1-6H3;1H4. The van der Waals surface area contributed by atoms with Crippen LogP contribution in [0.5, 0.6) is 0 Å². The first-order chi connectivity index (χ1) is 9.78. The Bertz CT molecular complexity index is 736. The molecule has 0 atom stereocenters. The highest BCUT2D eigenvalue weighted by atomic mass is 32.2. The van der Waals surface area contributed by atoms with Crippen molar-refractivity contribution in [3.8, 4) is 11.1 Å². The Hall–Kier alpha value is -1.21. The van der Waals surface area contributed by atoms with Gasteiger partial charge in [-0.2, -0.15) is 0 Å². The molecule has 0 aromatic heterocycles. The van der Waals surface area contributed by atoms with Gasteiger partial charge in [-0.3, -0.25) is 0 Å². The fourth-order valence-corrected chi connectivity index (χ4v) is 4.79. The summed E-state index contributed by atoms with van der Waals surface area (Å²) in [5.41, 5.74) is 10.8. The van der Waals surface area contributed by atoms with Gasteiger partial charge in [0.15, 0.2) is 0 Å². The molecule has 2 aromatic rings. The van der Waals surface area contributed by atoms with Crippen molar-refractivity contribution in [2.75, 3.05) is 6.26 Å². The van der Waals surface area contributed by atoms with Crippen molar-refractivity contribution in [3.05, 3.63) is 52.1 Å². The Morgan fingerprint density at radius 3 is 1.45 bits per heavy atom. The van der Waals surface area contributed by atoms with Crippen LogP contribution in [-0.2, 0) is 10.8 Å². The Morgan fingerprint density at radius 1 is 0.727 bits per heavy atom. The van der Waals surface area contributed by atoms with E-state index in [0.717, 1.165) is 0 Å². The summed E-state index contributed by atoms with van der Waals surface area (Å²) in [6, 6.07) is 9.65. The SMILES string of the molecule is C.CSc1cc2c3c(c1)C(C)(C)c1cc(C)cc(c1-3)C2(C)C. The molecule has 0 bridgehead atoms. The van der Waals surface area contributed by atoms with Crippen LogP contribution >= 0.6 is 11.8 Å². The van der Waals surface area contributed by atoms with E-state index in [1.165, 1.54) is 43.8 Å². The minimum atomic E-state index is 0. The summed E-state index contributed by atoms with van der Waals surface area (Å²) in [7, 11) is 0. The Balaban J connectivity index is 0.00000144. The highest BCUT2D eigenvalue weighted by molar-refractivity contribution is 7.98. The molecular formula is C21H26S. The van der Waals surface area contributed by atoms with Gasteiger partial charge in [0.05, 0.1) is 0 Å². The molecule has 22 heavy (non-hydrogen) atoms. The molecule has 0 aliphatic heterocycles. The van der Waals surface area contributed by atoms with Crippen molar-refractivity contribution in [2.45, 2.75) is 57.8 Å². The lowest BCUT2D eigenvalue weighted by Crippen LogP contribution is -2.21. The molecule has 2 aromatic carbocycles. The van der Waals surface area contributed by atoms with Crippen molar-refractivity contribution >= 4 is 11.8 Å². The van der Waals surface area contributed by atoms with E-state index in [2.05, 4.69) is 65.1 Å². The molecule has 0 nitrogen and oxygen atoms in total. The van der Waals surface area contributed by atoms with E-state index >= 15 is 0 Å². The second-order valence-electron chi connectivity index (χ2n) is 7.58. The van der Waals surface area contributed by atoms with Crippen LogP contribution < -0.4 is 0 Å². The molecule has 4 rings (SSSR count). The van der Waals surface area contributed by atoms with Gasteiger partial charge in [0, 0.05) is 15.7 Å². The van der Waals surface area contributed by atoms with Crippen LogP contribution in [0.2, 0.25) is 0 Å². The fourth-order valence-electron chi connectivity index (χ4n) is 4.32. The van der Waals surface area contributed by atoms with E-state index in [-0.39, 0.29) is 18.3 Å². The molecule has 0 radical (unpaired) electrons. The van der Waals surface area contributed by atoms with Gasteiger partial charge in [-0.25, -0.2) is 0 Å². The molecule has 0 N–H and O–H groups in total. The maximum absolute atomic E-state index is 2.42. The molecule has 0 amide bonds. The molecule has 0 spiro atoms. The highest BCUT2D eigenvalue weighted by Gasteiger charge is 2.47. The Labute approximate surface area is 139 Å². The number of rotatable bonds is 1. The average molecular weight is 311 g/mol. The predicted molar refractivity (Wildman–Crippen MR) is 99.4 cm³/mol. The van der Waals surface area contributed by atoms with Gasteiger partial charge in [0.25, 0.3) is 0 Å². The Kier molecular flexibility index (Phi) is 3.14. The number of benzene rings is 2. The zero-order valence-corrected chi connectivity index (χ0v) is 14.5. The van der Waals surface area contributed by atoms with Crippen molar-refractivity contribution in [1.29, 1.82) is 0 Å². The molecule has 2 aliphatic carbocycles. The van der Waals surface area contributed by atoms with Gasteiger partial charge in [-0.1, -0.05) is 52.8 Å². The largest absolute Gasteiger partial charge is 0.130 e. The lowest BCUT2D eigenvalue weighted by atomic mass is 9.74. The van der Waals surface area contributed by atoms with E-state index in [4.69, 9.17) is 0 Å². The third-order valence-corrected chi connectivity index (χ3v) is 6.28. The van der Waals surface area contributed by atoms with Crippen LogP contribution in [0.4, 0.5) is 0 Å². The lowest BCUT2D eigenvalue weighted by Gasteiger charge is -2.29. The summed E-state index contributed by atoms with van der Waals surface area (Å²) < 4.78 is 0. The highest BCUT2D eigenvalue weighted by Crippen LogP contribution is 2.61. The second-order valence-corrected chi connectivity index (χ2v) is 8.46. The summed E-state index contributed by atoms with van der Waals surface area (Å²) in [4.78, 5) is 1.40. The van der Waals surface area contributed by atoms with Crippen molar-refractivity contribution in [2.24, 2.45) is 0 Å². The summed E-state index contributed by atoms with van der Waals surface area (Å²) in [5, 5.41) is 0. The number of thioether (sulfide) groups is 1. The van der Waals surface area contributed by atoms with E-state index in [9.17, 15) is 0 Å². The minimum Gasteiger partial charge on any atom is -0.130 e. The molecule has 0 heterocycles. The van der Waals surface area contributed by atoms with E-state index in [1.807, 2.05) is 11.8 Å². The van der Waals surface area contributed by atoms with Crippen molar-refractivity contribution in [3.63, 3.8) is 0 Å². The molecule has 0 unspecified atom stereocenters. The molecule has 0 fully saturated rings. The molecular weight excluding hydrogens is 284 g/mol. The summed E-state index contributed by atoms with van der Waals surface area (Å²) in [5.74, 6) is 0. The van der Waals surface area contributed by atoms with E-state index in [0.29, 0.717) is 0 Å². The first-order valence-electron chi connectivity index (χ1n) is 7.67. The quantitative estimate of drug-likeness (QED) is 0.557. The first kappa shape index (κ1) is 15.7. The van der Waals surface area contributed by atoms with Crippen LogP contribution in [0.25, 0.3) is 11.1 Å². The maximum Gasteiger partial charge on any atom is 0.0159 e. The zero-order valence-electron chi connectivity index (χ0n) is 13.7.